The van der Waals surface area contributed by atoms with E-state index in [0.717, 1.165) is 36.6 Å². The minimum Gasteiger partial charge on any atom is -0.497 e. The van der Waals surface area contributed by atoms with E-state index in [2.05, 4.69) is 17.4 Å². The quantitative estimate of drug-likeness (QED) is 0.489. The molecule has 0 bridgehead atoms. The Morgan fingerprint density at radius 1 is 0.893 bits per heavy atom. The lowest BCUT2D eigenvalue weighted by atomic mass is 10.1. The predicted molar refractivity (Wildman–Crippen MR) is 111 cm³/mol. The first-order valence-electron chi connectivity index (χ1n) is 9.13. The number of ether oxygens (including phenoxy) is 2. The number of benzene rings is 3. The third kappa shape index (κ3) is 5.98. The molecule has 0 fully saturated rings. The molecule has 1 N–H and O–H groups in total. The van der Waals surface area contributed by atoms with E-state index in [0.29, 0.717) is 11.6 Å². The van der Waals surface area contributed by atoms with E-state index in [1.807, 2.05) is 36.4 Å². The number of rotatable bonds is 9. The molecular weight excluding hydrogens is 377 g/mol. The molecule has 0 aliphatic carbocycles. The Morgan fingerprint density at radius 2 is 1.57 bits per heavy atom. The van der Waals surface area contributed by atoms with E-state index in [1.165, 1.54) is 23.3 Å². The van der Waals surface area contributed by atoms with Gasteiger partial charge in [0, 0.05) is 12.1 Å². The highest BCUT2D eigenvalue weighted by molar-refractivity contribution is 6.31. The molecule has 3 rings (SSSR count). The van der Waals surface area contributed by atoms with Crippen LogP contribution in [0.25, 0.3) is 0 Å². The molecule has 0 aromatic heterocycles. The van der Waals surface area contributed by atoms with Crippen molar-refractivity contribution >= 4 is 11.6 Å². The average Bonchev–Trinajstić information content (AvgIpc) is 2.72. The molecule has 3 aromatic rings. The highest BCUT2D eigenvalue weighted by Gasteiger charge is 2.03. The first-order valence-corrected chi connectivity index (χ1v) is 9.51. The van der Waals surface area contributed by atoms with Gasteiger partial charge in [-0.1, -0.05) is 41.9 Å². The number of methoxy groups -OCH3 is 1. The molecule has 0 atom stereocenters. The van der Waals surface area contributed by atoms with Crippen molar-refractivity contribution in [2.45, 2.75) is 19.6 Å². The smallest absolute Gasteiger partial charge is 0.124 e. The van der Waals surface area contributed by atoms with Crippen molar-refractivity contribution in [2.24, 2.45) is 0 Å². The van der Waals surface area contributed by atoms with Crippen LogP contribution in [0.4, 0.5) is 4.39 Å². The van der Waals surface area contributed by atoms with Crippen molar-refractivity contribution in [2.75, 3.05) is 13.7 Å². The van der Waals surface area contributed by atoms with Crippen LogP contribution in [0.5, 0.6) is 11.5 Å². The minimum atomic E-state index is -0.349. The number of hydrogen-bond donors (Lipinski definition) is 1. The van der Waals surface area contributed by atoms with Gasteiger partial charge >= 0.3 is 0 Å². The van der Waals surface area contributed by atoms with Gasteiger partial charge in [-0.05, 0) is 60.5 Å². The number of hydrogen-bond acceptors (Lipinski definition) is 3. The summed E-state index contributed by atoms with van der Waals surface area (Å²) in [6.07, 6.45) is 0.962. The highest BCUT2D eigenvalue weighted by atomic mass is 35.5. The lowest BCUT2D eigenvalue weighted by Gasteiger charge is -2.09. The summed E-state index contributed by atoms with van der Waals surface area (Å²) in [5.41, 5.74) is 3.21. The Bertz CT molecular complexity index is 882. The second kappa shape index (κ2) is 10.1. The van der Waals surface area contributed by atoms with Gasteiger partial charge in [-0.15, -0.1) is 0 Å². The SMILES string of the molecule is COc1ccc(CCNCc2ccc(OCc3ccc(F)cc3Cl)cc2)cc1. The Morgan fingerprint density at radius 3 is 2.25 bits per heavy atom. The fourth-order valence-corrected chi connectivity index (χ4v) is 2.98. The molecule has 0 aliphatic heterocycles. The van der Waals surface area contributed by atoms with Crippen LogP contribution in [0.2, 0.25) is 5.02 Å². The Kier molecular flexibility index (Phi) is 7.29. The van der Waals surface area contributed by atoms with Crippen molar-refractivity contribution in [1.82, 2.24) is 5.32 Å². The lowest BCUT2D eigenvalue weighted by Crippen LogP contribution is -2.16. The molecule has 0 radical (unpaired) electrons. The number of halogens is 2. The van der Waals surface area contributed by atoms with E-state index < -0.39 is 0 Å². The molecule has 0 heterocycles. The number of nitrogens with one attached hydrogen (secondary N) is 1. The zero-order valence-electron chi connectivity index (χ0n) is 15.8. The van der Waals surface area contributed by atoms with Crippen LogP contribution in [-0.4, -0.2) is 13.7 Å². The van der Waals surface area contributed by atoms with Gasteiger partial charge in [-0.3, -0.25) is 0 Å². The third-order valence-electron chi connectivity index (χ3n) is 4.41. The largest absolute Gasteiger partial charge is 0.497 e. The summed E-state index contributed by atoms with van der Waals surface area (Å²) < 4.78 is 24.0. The van der Waals surface area contributed by atoms with E-state index >= 15 is 0 Å². The van der Waals surface area contributed by atoms with E-state index in [1.54, 1.807) is 13.2 Å². The van der Waals surface area contributed by atoms with E-state index in [4.69, 9.17) is 21.1 Å². The summed E-state index contributed by atoms with van der Waals surface area (Å²) in [5.74, 6) is 1.28. The van der Waals surface area contributed by atoms with Crippen LogP contribution in [0.15, 0.2) is 66.7 Å². The molecule has 0 saturated carbocycles. The summed E-state index contributed by atoms with van der Waals surface area (Å²) in [4.78, 5) is 0. The lowest BCUT2D eigenvalue weighted by molar-refractivity contribution is 0.306. The van der Waals surface area contributed by atoms with Crippen molar-refractivity contribution in [1.29, 1.82) is 0 Å². The van der Waals surface area contributed by atoms with Gasteiger partial charge in [0.05, 0.1) is 12.1 Å². The predicted octanol–water partition coefficient (Wildman–Crippen LogP) is 5.40. The minimum absolute atomic E-state index is 0.304. The molecule has 0 saturated heterocycles. The van der Waals surface area contributed by atoms with Gasteiger partial charge in [0.25, 0.3) is 0 Å². The Balaban J connectivity index is 1.41. The molecule has 5 heteroatoms. The molecule has 3 aromatic carbocycles. The fraction of sp³-hybridized carbons (Fsp3) is 0.217. The molecule has 0 spiro atoms. The van der Waals surface area contributed by atoms with Crippen LogP contribution >= 0.6 is 11.6 Å². The normalized spacial score (nSPS) is 10.7. The second-order valence-electron chi connectivity index (χ2n) is 6.44. The summed E-state index contributed by atoms with van der Waals surface area (Å²) in [5, 5.41) is 3.82. The Labute approximate surface area is 170 Å². The summed E-state index contributed by atoms with van der Waals surface area (Å²) in [6.45, 7) is 1.99. The molecule has 146 valence electrons. The van der Waals surface area contributed by atoms with Crippen LogP contribution in [0.1, 0.15) is 16.7 Å². The zero-order chi connectivity index (χ0) is 19.8. The zero-order valence-corrected chi connectivity index (χ0v) is 16.5. The fourth-order valence-electron chi connectivity index (χ4n) is 2.76. The standard InChI is InChI=1S/C23H23ClFNO2/c1-27-21-8-2-17(3-9-21)12-13-26-15-18-4-10-22(11-5-18)28-16-19-6-7-20(25)14-23(19)24/h2-11,14,26H,12-13,15-16H2,1H3. The maximum absolute atomic E-state index is 13.1. The first-order chi connectivity index (χ1) is 13.6. The maximum Gasteiger partial charge on any atom is 0.124 e. The molecule has 3 nitrogen and oxygen atoms in total. The van der Waals surface area contributed by atoms with Gasteiger partial charge in [-0.25, -0.2) is 4.39 Å². The molecule has 0 amide bonds. The molecular formula is C23H23ClFNO2. The highest BCUT2D eigenvalue weighted by Crippen LogP contribution is 2.20. The van der Waals surface area contributed by atoms with Gasteiger partial charge in [-0.2, -0.15) is 0 Å². The first kappa shape index (κ1) is 20.2. The van der Waals surface area contributed by atoms with Crippen LogP contribution in [-0.2, 0) is 19.6 Å². The van der Waals surface area contributed by atoms with Crippen molar-refractivity contribution in [3.05, 3.63) is 94.3 Å². The summed E-state index contributed by atoms with van der Waals surface area (Å²) in [7, 11) is 1.67. The van der Waals surface area contributed by atoms with Crippen molar-refractivity contribution < 1.29 is 13.9 Å². The Hall–Kier alpha value is -2.56. The van der Waals surface area contributed by atoms with E-state index in [-0.39, 0.29) is 5.82 Å². The van der Waals surface area contributed by atoms with Gasteiger partial charge in [0.15, 0.2) is 0 Å². The summed E-state index contributed by atoms with van der Waals surface area (Å²) in [6, 6.07) is 20.4. The molecule has 0 unspecified atom stereocenters. The van der Waals surface area contributed by atoms with Crippen molar-refractivity contribution in [3.63, 3.8) is 0 Å². The topological polar surface area (TPSA) is 30.5 Å². The molecule has 28 heavy (non-hydrogen) atoms. The van der Waals surface area contributed by atoms with Gasteiger partial charge in [0.2, 0.25) is 0 Å². The maximum atomic E-state index is 13.1. The monoisotopic (exact) mass is 399 g/mol. The molecule has 0 aliphatic rings. The van der Waals surface area contributed by atoms with Crippen LogP contribution in [0.3, 0.4) is 0 Å². The average molecular weight is 400 g/mol. The van der Waals surface area contributed by atoms with Gasteiger partial charge in [0.1, 0.15) is 23.9 Å². The third-order valence-corrected chi connectivity index (χ3v) is 4.76. The van der Waals surface area contributed by atoms with E-state index in [9.17, 15) is 4.39 Å². The van der Waals surface area contributed by atoms with Gasteiger partial charge < -0.3 is 14.8 Å². The second-order valence-corrected chi connectivity index (χ2v) is 6.85. The van der Waals surface area contributed by atoms with Crippen LogP contribution in [0, 0.1) is 5.82 Å². The van der Waals surface area contributed by atoms with Crippen molar-refractivity contribution in [3.8, 4) is 11.5 Å². The van der Waals surface area contributed by atoms with Crippen LogP contribution < -0.4 is 14.8 Å². The summed E-state index contributed by atoms with van der Waals surface area (Å²) >= 11 is 6.02.